The Balaban J connectivity index is 2.99. The number of hydrogen-bond acceptors (Lipinski definition) is 1. The van der Waals surface area contributed by atoms with Crippen molar-refractivity contribution in [3.8, 4) is 0 Å². The van der Waals surface area contributed by atoms with Gasteiger partial charge in [0.2, 0.25) is 5.24 Å². The summed E-state index contributed by atoms with van der Waals surface area (Å²) in [7, 11) is 0. The number of hydrogen-bond donors (Lipinski definition) is 0. The molecule has 1 nitrogen and oxygen atoms in total. The van der Waals surface area contributed by atoms with Gasteiger partial charge in [0.25, 0.3) is 0 Å². The first-order valence-electron chi connectivity index (χ1n) is 10.3. The Hall–Kier alpha value is -0.0400. The minimum atomic E-state index is -0.180. The molecule has 2 heteroatoms. The molecule has 0 heterocycles. The maximum absolute atomic E-state index is 10.6. The van der Waals surface area contributed by atoms with Gasteiger partial charge in [0.15, 0.2) is 0 Å². The molecule has 138 valence electrons. The molecular formula is C21H41ClO. The van der Waals surface area contributed by atoms with Crippen molar-refractivity contribution in [2.24, 2.45) is 5.92 Å². The molecule has 0 atom stereocenters. The molecule has 0 aromatic carbocycles. The highest BCUT2D eigenvalue weighted by molar-refractivity contribution is 6.63. The van der Waals surface area contributed by atoms with Crippen LogP contribution in [0.2, 0.25) is 0 Å². The van der Waals surface area contributed by atoms with Crippen LogP contribution >= 0.6 is 11.6 Å². The lowest BCUT2D eigenvalue weighted by Crippen LogP contribution is -1.87. The first-order valence-corrected chi connectivity index (χ1v) is 10.7. The first kappa shape index (κ1) is 23.0. The minimum absolute atomic E-state index is 0.180. The van der Waals surface area contributed by atoms with Crippen LogP contribution in [-0.2, 0) is 4.79 Å². The second kappa shape index (κ2) is 18.3. The predicted octanol–water partition coefficient (Wildman–Crippen LogP) is 8.04. The standard InChI is InChI=1S/C21H41ClO/c1-20(2)18-16-14-12-10-8-6-4-3-5-7-9-11-13-15-17-19-21(22)23/h20H,3-19H2,1-2H3. The van der Waals surface area contributed by atoms with Gasteiger partial charge in [-0.1, -0.05) is 110 Å². The molecule has 0 saturated carbocycles. The molecule has 0 unspecified atom stereocenters. The van der Waals surface area contributed by atoms with Gasteiger partial charge in [-0.25, -0.2) is 0 Å². The molecule has 0 fully saturated rings. The Morgan fingerprint density at radius 1 is 0.609 bits per heavy atom. The average Bonchev–Trinajstić information content (AvgIpc) is 2.49. The highest BCUT2D eigenvalue weighted by Gasteiger charge is 1.97. The lowest BCUT2D eigenvalue weighted by atomic mass is 10.0. The number of carbonyl (C=O) groups is 1. The molecule has 0 aliphatic rings. The smallest absolute Gasteiger partial charge is 0.221 e. The molecule has 0 aromatic heterocycles. The maximum atomic E-state index is 10.6. The zero-order valence-electron chi connectivity index (χ0n) is 15.9. The highest BCUT2D eigenvalue weighted by atomic mass is 35.5. The molecule has 0 aromatic rings. The molecule has 0 radical (unpaired) electrons. The summed E-state index contributed by atoms with van der Waals surface area (Å²) in [5, 5.41) is -0.180. The molecular weight excluding hydrogens is 304 g/mol. The van der Waals surface area contributed by atoms with Crippen molar-refractivity contribution < 1.29 is 4.79 Å². The van der Waals surface area contributed by atoms with Gasteiger partial charge >= 0.3 is 0 Å². The Bertz CT molecular complexity index is 250. The summed E-state index contributed by atoms with van der Waals surface area (Å²) in [6.07, 6.45) is 22.4. The van der Waals surface area contributed by atoms with E-state index in [1.54, 1.807) is 0 Å². The highest BCUT2D eigenvalue weighted by Crippen LogP contribution is 2.15. The van der Waals surface area contributed by atoms with Crippen LogP contribution in [-0.4, -0.2) is 5.24 Å². The molecule has 0 spiro atoms. The SMILES string of the molecule is CC(C)CCCCCCCCCCCCCCCCCC(=O)Cl. The Morgan fingerprint density at radius 3 is 1.22 bits per heavy atom. The van der Waals surface area contributed by atoms with Crippen molar-refractivity contribution in [3.63, 3.8) is 0 Å². The van der Waals surface area contributed by atoms with Gasteiger partial charge in [0.1, 0.15) is 0 Å². The molecule has 0 aliphatic carbocycles. The third kappa shape index (κ3) is 22.0. The van der Waals surface area contributed by atoms with Gasteiger partial charge in [-0.3, -0.25) is 4.79 Å². The van der Waals surface area contributed by atoms with Gasteiger partial charge in [-0.2, -0.15) is 0 Å². The summed E-state index contributed by atoms with van der Waals surface area (Å²) in [6.45, 7) is 4.65. The summed E-state index contributed by atoms with van der Waals surface area (Å²) < 4.78 is 0. The fourth-order valence-electron chi connectivity index (χ4n) is 3.11. The van der Waals surface area contributed by atoms with Crippen LogP contribution in [0.5, 0.6) is 0 Å². The summed E-state index contributed by atoms with van der Waals surface area (Å²) >= 11 is 5.32. The van der Waals surface area contributed by atoms with E-state index in [1.165, 1.54) is 89.9 Å². The molecule has 23 heavy (non-hydrogen) atoms. The van der Waals surface area contributed by atoms with E-state index < -0.39 is 0 Å². The topological polar surface area (TPSA) is 17.1 Å². The molecule has 0 saturated heterocycles. The fourth-order valence-corrected chi connectivity index (χ4v) is 3.25. The largest absolute Gasteiger partial charge is 0.281 e. The van der Waals surface area contributed by atoms with Crippen molar-refractivity contribution in [2.75, 3.05) is 0 Å². The van der Waals surface area contributed by atoms with Crippen LogP contribution in [0, 0.1) is 5.92 Å². The molecule has 0 rings (SSSR count). The lowest BCUT2D eigenvalue weighted by Gasteiger charge is -2.05. The van der Waals surface area contributed by atoms with E-state index in [4.69, 9.17) is 11.6 Å². The van der Waals surface area contributed by atoms with E-state index >= 15 is 0 Å². The van der Waals surface area contributed by atoms with Crippen LogP contribution in [0.15, 0.2) is 0 Å². The summed E-state index contributed by atoms with van der Waals surface area (Å²) in [5.41, 5.74) is 0. The van der Waals surface area contributed by atoms with E-state index in [0.717, 1.165) is 18.8 Å². The third-order valence-electron chi connectivity index (χ3n) is 4.65. The van der Waals surface area contributed by atoms with Gasteiger partial charge in [-0.05, 0) is 23.9 Å². The van der Waals surface area contributed by atoms with E-state index in [1.807, 2.05) is 0 Å². The van der Waals surface area contributed by atoms with Gasteiger partial charge in [0, 0.05) is 6.42 Å². The van der Waals surface area contributed by atoms with Crippen molar-refractivity contribution in [1.82, 2.24) is 0 Å². The minimum Gasteiger partial charge on any atom is -0.281 e. The van der Waals surface area contributed by atoms with E-state index in [2.05, 4.69) is 13.8 Å². The normalized spacial score (nSPS) is 11.3. The van der Waals surface area contributed by atoms with Crippen LogP contribution < -0.4 is 0 Å². The Kier molecular flexibility index (Phi) is 18.3. The van der Waals surface area contributed by atoms with Crippen LogP contribution in [0.3, 0.4) is 0 Å². The van der Waals surface area contributed by atoms with E-state index in [9.17, 15) is 4.79 Å². The zero-order valence-corrected chi connectivity index (χ0v) is 16.6. The van der Waals surface area contributed by atoms with Crippen molar-refractivity contribution in [3.05, 3.63) is 0 Å². The van der Waals surface area contributed by atoms with Gasteiger partial charge in [-0.15, -0.1) is 0 Å². The second-order valence-corrected chi connectivity index (χ2v) is 8.01. The zero-order chi connectivity index (χ0) is 17.2. The molecule has 0 bridgehead atoms. The van der Waals surface area contributed by atoms with Crippen molar-refractivity contribution >= 4 is 16.8 Å². The Labute approximate surface area is 151 Å². The van der Waals surface area contributed by atoms with Crippen molar-refractivity contribution in [2.45, 2.75) is 123 Å². The van der Waals surface area contributed by atoms with Gasteiger partial charge < -0.3 is 0 Å². The maximum Gasteiger partial charge on any atom is 0.221 e. The number of rotatable bonds is 18. The summed E-state index contributed by atoms with van der Waals surface area (Å²) in [6, 6.07) is 0. The lowest BCUT2D eigenvalue weighted by molar-refractivity contribution is -0.111. The molecule has 0 N–H and O–H groups in total. The van der Waals surface area contributed by atoms with Crippen molar-refractivity contribution in [1.29, 1.82) is 0 Å². The molecule has 0 amide bonds. The summed E-state index contributed by atoms with van der Waals surface area (Å²) in [5.74, 6) is 0.879. The fraction of sp³-hybridized carbons (Fsp3) is 0.952. The monoisotopic (exact) mass is 344 g/mol. The molecule has 0 aliphatic heterocycles. The third-order valence-corrected chi connectivity index (χ3v) is 4.84. The quantitative estimate of drug-likeness (QED) is 0.181. The van der Waals surface area contributed by atoms with E-state index in [0.29, 0.717) is 6.42 Å². The van der Waals surface area contributed by atoms with Gasteiger partial charge in [0.05, 0.1) is 0 Å². The van der Waals surface area contributed by atoms with E-state index in [-0.39, 0.29) is 5.24 Å². The van der Waals surface area contributed by atoms with Crippen LogP contribution in [0.25, 0.3) is 0 Å². The number of halogens is 1. The van der Waals surface area contributed by atoms with Crippen LogP contribution in [0.1, 0.15) is 123 Å². The predicted molar refractivity (Wildman–Crippen MR) is 104 cm³/mol. The Morgan fingerprint density at radius 2 is 0.913 bits per heavy atom. The van der Waals surface area contributed by atoms with Crippen LogP contribution in [0.4, 0.5) is 0 Å². The second-order valence-electron chi connectivity index (χ2n) is 7.59. The average molecular weight is 345 g/mol. The number of carbonyl (C=O) groups excluding carboxylic acids is 1. The summed E-state index contributed by atoms with van der Waals surface area (Å²) in [4.78, 5) is 10.6. The first-order chi connectivity index (χ1) is 11.1. The number of unbranched alkanes of at least 4 members (excludes halogenated alkanes) is 14.